The van der Waals surface area contributed by atoms with Crippen LogP contribution in [0.25, 0.3) is 0 Å². The Kier molecular flexibility index (Phi) is 6.75. The lowest BCUT2D eigenvalue weighted by Crippen LogP contribution is -2.45. The van der Waals surface area contributed by atoms with Gasteiger partial charge in [-0.25, -0.2) is 0 Å². The number of carbonyl (C=O) groups excluding carboxylic acids is 2. The molecule has 0 unspecified atom stereocenters. The molecule has 2 N–H and O–H groups in total. The number of ether oxygens (including phenoxy) is 1. The number of hydrogen-bond donors (Lipinski definition) is 2. The zero-order valence-corrected chi connectivity index (χ0v) is 15.5. The van der Waals surface area contributed by atoms with E-state index in [1.165, 1.54) is 0 Å². The Balaban J connectivity index is 1.61. The minimum Gasteiger partial charge on any atom is -0.379 e. The van der Waals surface area contributed by atoms with Gasteiger partial charge in [0.05, 0.1) is 19.3 Å². The normalized spacial score (nSPS) is 15.7. The molecule has 0 radical (unpaired) electrons. The summed E-state index contributed by atoms with van der Waals surface area (Å²) in [6.45, 7) is 3.10. The van der Waals surface area contributed by atoms with E-state index in [9.17, 15) is 9.59 Å². The van der Waals surface area contributed by atoms with Gasteiger partial charge in [0.2, 0.25) is 0 Å². The van der Waals surface area contributed by atoms with Gasteiger partial charge >= 0.3 is 11.8 Å². The second-order valence-electron chi connectivity index (χ2n) is 6.12. The number of benzene rings is 1. The minimum absolute atomic E-state index is 0.0742. The quantitative estimate of drug-likeness (QED) is 0.764. The third-order valence-electron chi connectivity index (χ3n) is 4.32. The van der Waals surface area contributed by atoms with Crippen molar-refractivity contribution < 1.29 is 14.3 Å². The smallest absolute Gasteiger partial charge is 0.313 e. The van der Waals surface area contributed by atoms with Crippen molar-refractivity contribution in [3.8, 4) is 0 Å². The first-order chi connectivity index (χ1) is 13.1. The molecule has 142 valence electrons. The average molecular weight is 389 g/mol. The maximum atomic E-state index is 12.2. The number of hydrogen-bond acceptors (Lipinski definition) is 5. The van der Waals surface area contributed by atoms with Gasteiger partial charge in [-0.1, -0.05) is 17.7 Å². The molecule has 1 saturated heterocycles. The van der Waals surface area contributed by atoms with Crippen molar-refractivity contribution in [3.05, 3.63) is 59.4 Å². The zero-order valence-electron chi connectivity index (χ0n) is 14.7. The average Bonchev–Trinajstić information content (AvgIpc) is 2.71. The van der Waals surface area contributed by atoms with E-state index >= 15 is 0 Å². The Hall–Kier alpha value is -2.48. The van der Waals surface area contributed by atoms with E-state index in [4.69, 9.17) is 16.3 Å². The maximum absolute atomic E-state index is 12.2. The maximum Gasteiger partial charge on any atom is 0.313 e. The highest BCUT2D eigenvalue weighted by molar-refractivity contribution is 6.39. The number of nitrogens with zero attached hydrogens (tertiary/aromatic N) is 2. The third kappa shape index (κ3) is 5.50. The summed E-state index contributed by atoms with van der Waals surface area (Å²) in [5.41, 5.74) is 1.49. The molecule has 0 spiro atoms. The largest absolute Gasteiger partial charge is 0.379 e. The summed E-state index contributed by atoms with van der Waals surface area (Å²) in [6, 6.07) is 10.3. The standard InChI is InChI=1S/C19H21ClN4O3/c20-15-3-5-16(6-4-15)23-19(26)18(25)22-13-17(14-2-1-7-21-12-14)24-8-10-27-11-9-24/h1-7,12,17H,8-11,13H2,(H,22,25)(H,23,26)/t17-/m0/s1. The van der Waals surface area contributed by atoms with Gasteiger partial charge in [0, 0.05) is 42.7 Å². The molecule has 1 aliphatic heterocycles. The molecule has 2 aromatic rings. The van der Waals surface area contributed by atoms with Crippen LogP contribution in [0.15, 0.2) is 48.8 Å². The fourth-order valence-corrected chi connectivity index (χ4v) is 3.04. The van der Waals surface area contributed by atoms with E-state index in [1.54, 1.807) is 36.7 Å². The lowest BCUT2D eigenvalue weighted by Gasteiger charge is -2.34. The number of pyridine rings is 1. The first-order valence-electron chi connectivity index (χ1n) is 8.70. The van der Waals surface area contributed by atoms with E-state index in [0.29, 0.717) is 30.5 Å². The molecular formula is C19H21ClN4O3. The molecule has 0 aliphatic carbocycles. The first kappa shape index (κ1) is 19.3. The van der Waals surface area contributed by atoms with Crippen LogP contribution in [-0.4, -0.2) is 54.5 Å². The second-order valence-corrected chi connectivity index (χ2v) is 6.56. The summed E-state index contributed by atoms with van der Waals surface area (Å²) in [7, 11) is 0. The predicted molar refractivity (Wildman–Crippen MR) is 102 cm³/mol. The lowest BCUT2D eigenvalue weighted by molar-refractivity contribution is -0.136. The van der Waals surface area contributed by atoms with Crippen LogP contribution in [0.4, 0.5) is 5.69 Å². The number of rotatable bonds is 5. The highest BCUT2D eigenvalue weighted by Gasteiger charge is 2.24. The summed E-state index contributed by atoms with van der Waals surface area (Å²) in [4.78, 5) is 30.7. The molecule has 0 saturated carbocycles. The molecule has 8 heteroatoms. The molecule has 0 bridgehead atoms. The van der Waals surface area contributed by atoms with Gasteiger partial charge < -0.3 is 15.4 Å². The van der Waals surface area contributed by atoms with Crippen LogP contribution < -0.4 is 10.6 Å². The molecule has 3 rings (SSSR count). The SMILES string of the molecule is O=C(NC[C@@H](c1cccnc1)N1CCOCC1)C(=O)Nc1ccc(Cl)cc1. The minimum atomic E-state index is -0.718. The Morgan fingerprint density at radius 2 is 1.89 bits per heavy atom. The third-order valence-corrected chi connectivity index (χ3v) is 4.57. The summed E-state index contributed by atoms with van der Waals surface area (Å²) >= 11 is 5.82. The molecule has 1 fully saturated rings. The summed E-state index contributed by atoms with van der Waals surface area (Å²) in [5.74, 6) is -1.41. The van der Waals surface area contributed by atoms with Crippen LogP contribution in [-0.2, 0) is 14.3 Å². The van der Waals surface area contributed by atoms with Gasteiger partial charge in [-0.05, 0) is 35.9 Å². The van der Waals surface area contributed by atoms with Gasteiger partial charge in [0.15, 0.2) is 0 Å². The van der Waals surface area contributed by atoms with Crippen molar-refractivity contribution in [2.45, 2.75) is 6.04 Å². The highest BCUT2D eigenvalue weighted by Crippen LogP contribution is 2.20. The molecule has 27 heavy (non-hydrogen) atoms. The van der Waals surface area contributed by atoms with Gasteiger partial charge in [-0.15, -0.1) is 0 Å². The van der Waals surface area contributed by atoms with E-state index in [2.05, 4.69) is 20.5 Å². The van der Waals surface area contributed by atoms with Crippen molar-refractivity contribution in [1.82, 2.24) is 15.2 Å². The number of carbonyl (C=O) groups is 2. The van der Waals surface area contributed by atoms with Gasteiger partial charge in [0.25, 0.3) is 0 Å². The number of halogens is 1. The van der Waals surface area contributed by atoms with Crippen molar-refractivity contribution in [2.75, 3.05) is 38.2 Å². The van der Waals surface area contributed by atoms with E-state index < -0.39 is 11.8 Å². The van der Waals surface area contributed by atoms with Crippen molar-refractivity contribution >= 4 is 29.1 Å². The highest BCUT2D eigenvalue weighted by atomic mass is 35.5. The monoisotopic (exact) mass is 388 g/mol. The first-order valence-corrected chi connectivity index (χ1v) is 9.08. The van der Waals surface area contributed by atoms with Crippen LogP contribution in [0, 0.1) is 0 Å². The van der Waals surface area contributed by atoms with Gasteiger partial charge in [0.1, 0.15) is 0 Å². The number of aromatic nitrogens is 1. The van der Waals surface area contributed by atoms with Gasteiger partial charge in [-0.2, -0.15) is 0 Å². The van der Waals surface area contributed by atoms with Crippen LogP contribution in [0.1, 0.15) is 11.6 Å². The summed E-state index contributed by atoms with van der Waals surface area (Å²) < 4.78 is 5.41. The summed E-state index contributed by atoms with van der Waals surface area (Å²) in [6.07, 6.45) is 3.48. The van der Waals surface area contributed by atoms with Crippen LogP contribution >= 0.6 is 11.6 Å². The van der Waals surface area contributed by atoms with E-state index in [-0.39, 0.29) is 6.04 Å². The van der Waals surface area contributed by atoms with Gasteiger partial charge in [-0.3, -0.25) is 19.5 Å². The Morgan fingerprint density at radius 3 is 2.56 bits per heavy atom. The number of anilines is 1. The topological polar surface area (TPSA) is 83.6 Å². The Labute approximate surface area is 162 Å². The molecular weight excluding hydrogens is 368 g/mol. The fourth-order valence-electron chi connectivity index (χ4n) is 2.91. The predicted octanol–water partition coefficient (Wildman–Crippen LogP) is 1.86. The molecule has 1 aromatic heterocycles. The van der Waals surface area contributed by atoms with Crippen LogP contribution in [0.5, 0.6) is 0 Å². The van der Waals surface area contributed by atoms with Crippen molar-refractivity contribution in [1.29, 1.82) is 0 Å². The molecule has 2 heterocycles. The molecule has 1 atom stereocenters. The summed E-state index contributed by atoms with van der Waals surface area (Å²) in [5, 5.41) is 5.84. The Morgan fingerprint density at radius 1 is 1.15 bits per heavy atom. The van der Waals surface area contributed by atoms with Crippen LogP contribution in [0.2, 0.25) is 5.02 Å². The van der Waals surface area contributed by atoms with Crippen LogP contribution in [0.3, 0.4) is 0 Å². The van der Waals surface area contributed by atoms with E-state index in [1.807, 2.05) is 12.1 Å². The Bertz CT molecular complexity index is 764. The molecule has 1 aromatic carbocycles. The number of amides is 2. The number of nitrogens with one attached hydrogen (secondary N) is 2. The fraction of sp³-hybridized carbons (Fsp3) is 0.316. The zero-order chi connectivity index (χ0) is 19.1. The molecule has 1 aliphatic rings. The second kappa shape index (κ2) is 9.45. The molecule has 2 amide bonds. The molecule has 7 nitrogen and oxygen atoms in total. The lowest BCUT2D eigenvalue weighted by atomic mass is 10.1. The number of morpholine rings is 1. The van der Waals surface area contributed by atoms with Crippen molar-refractivity contribution in [3.63, 3.8) is 0 Å². The van der Waals surface area contributed by atoms with E-state index in [0.717, 1.165) is 18.7 Å². The van der Waals surface area contributed by atoms with Crippen molar-refractivity contribution in [2.24, 2.45) is 0 Å².